The number of esters is 3. The molecule has 1 heterocycles. The molecule has 1 saturated heterocycles. The third-order valence-electron chi connectivity index (χ3n) is 3.55. The molecule has 0 aromatic rings. The van der Waals surface area contributed by atoms with Crippen LogP contribution in [0.1, 0.15) is 40.5 Å². The maximum atomic E-state index is 11.4. The fourth-order valence-corrected chi connectivity index (χ4v) is 2.56. The van der Waals surface area contributed by atoms with Gasteiger partial charge in [-0.2, -0.15) is 0 Å². The van der Waals surface area contributed by atoms with Crippen LogP contribution in [0.5, 0.6) is 0 Å². The standard InChI is InChI=1S/C17H27NO9/c1-10(19)18-6-5-7-23-16-8-14(25-12(3)21)17(26-13(4)22)15(27-16)9-24-11(2)20/h14-17H,5-9H2,1-4H3,(H,18,19)/t14-,15-,16+,17+/m1/s1. The lowest BCUT2D eigenvalue weighted by Crippen LogP contribution is -2.54. The molecule has 27 heavy (non-hydrogen) atoms. The van der Waals surface area contributed by atoms with Gasteiger partial charge >= 0.3 is 17.9 Å². The van der Waals surface area contributed by atoms with E-state index in [0.29, 0.717) is 13.0 Å². The Morgan fingerprint density at radius 2 is 1.67 bits per heavy atom. The first-order valence-corrected chi connectivity index (χ1v) is 8.68. The topological polar surface area (TPSA) is 126 Å². The van der Waals surface area contributed by atoms with E-state index in [9.17, 15) is 19.2 Å². The first-order chi connectivity index (χ1) is 12.7. The highest BCUT2D eigenvalue weighted by molar-refractivity contribution is 5.72. The van der Waals surface area contributed by atoms with Gasteiger partial charge in [-0.3, -0.25) is 19.2 Å². The average Bonchev–Trinajstić information content (AvgIpc) is 2.53. The Labute approximate surface area is 157 Å². The molecular weight excluding hydrogens is 362 g/mol. The second kappa shape index (κ2) is 11.5. The Morgan fingerprint density at radius 1 is 1.00 bits per heavy atom. The fraction of sp³-hybridized carbons (Fsp3) is 0.765. The van der Waals surface area contributed by atoms with Gasteiger partial charge in [-0.25, -0.2) is 0 Å². The van der Waals surface area contributed by atoms with Gasteiger partial charge in [-0.1, -0.05) is 0 Å². The lowest BCUT2D eigenvalue weighted by molar-refractivity contribution is -0.266. The highest BCUT2D eigenvalue weighted by atomic mass is 16.7. The molecule has 10 heteroatoms. The molecular formula is C17H27NO9. The summed E-state index contributed by atoms with van der Waals surface area (Å²) >= 11 is 0. The molecule has 1 rings (SSSR count). The molecule has 1 N–H and O–H groups in total. The number of carbonyl (C=O) groups excluding carboxylic acids is 4. The number of ether oxygens (including phenoxy) is 5. The van der Waals surface area contributed by atoms with Gasteiger partial charge in [0.15, 0.2) is 12.4 Å². The Kier molecular flexibility index (Phi) is 9.73. The van der Waals surface area contributed by atoms with Gasteiger partial charge in [0.2, 0.25) is 5.91 Å². The van der Waals surface area contributed by atoms with E-state index in [1.807, 2.05) is 0 Å². The largest absolute Gasteiger partial charge is 0.463 e. The molecule has 0 saturated carbocycles. The van der Waals surface area contributed by atoms with Crippen molar-refractivity contribution in [1.82, 2.24) is 5.32 Å². The van der Waals surface area contributed by atoms with E-state index in [0.717, 1.165) is 0 Å². The summed E-state index contributed by atoms with van der Waals surface area (Å²) in [6, 6.07) is 0. The van der Waals surface area contributed by atoms with Gasteiger partial charge < -0.3 is 29.0 Å². The third kappa shape index (κ3) is 9.34. The second-order valence-electron chi connectivity index (χ2n) is 6.07. The summed E-state index contributed by atoms with van der Waals surface area (Å²) in [4.78, 5) is 44.8. The molecule has 4 atom stereocenters. The van der Waals surface area contributed by atoms with E-state index < -0.39 is 42.5 Å². The van der Waals surface area contributed by atoms with Gasteiger partial charge in [0.25, 0.3) is 0 Å². The minimum absolute atomic E-state index is 0.135. The number of hydrogen-bond acceptors (Lipinski definition) is 9. The highest BCUT2D eigenvalue weighted by Crippen LogP contribution is 2.27. The number of hydrogen-bond donors (Lipinski definition) is 1. The summed E-state index contributed by atoms with van der Waals surface area (Å²) in [5.74, 6) is -1.79. The first-order valence-electron chi connectivity index (χ1n) is 8.68. The Balaban J connectivity index is 2.74. The zero-order valence-electron chi connectivity index (χ0n) is 16.0. The van der Waals surface area contributed by atoms with Crippen LogP contribution in [0.25, 0.3) is 0 Å². The zero-order chi connectivity index (χ0) is 20.4. The van der Waals surface area contributed by atoms with E-state index in [2.05, 4.69) is 5.32 Å². The summed E-state index contributed by atoms with van der Waals surface area (Å²) in [6.45, 7) is 5.67. The van der Waals surface area contributed by atoms with Gasteiger partial charge in [0.1, 0.15) is 18.8 Å². The molecule has 1 amide bonds. The maximum absolute atomic E-state index is 11.4. The Bertz CT molecular complexity index is 536. The van der Waals surface area contributed by atoms with Crippen LogP contribution in [0.3, 0.4) is 0 Å². The monoisotopic (exact) mass is 389 g/mol. The van der Waals surface area contributed by atoms with Crippen LogP contribution >= 0.6 is 0 Å². The molecule has 1 aliphatic heterocycles. The van der Waals surface area contributed by atoms with E-state index in [-0.39, 0.29) is 25.5 Å². The van der Waals surface area contributed by atoms with Crippen molar-refractivity contribution in [2.45, 2.75) is 65.1 Å². The molecule has 0 aromatic heterocycles. The number of nitrogens with one attached hydrogen (secondary N) is 1. The van der Waals surface area contributed by atoms with Gasteiger partial charge in [-0.15, -0.1) is 0 Å². The van der Waals surface area contributed by atoms with Crippen molar-refractivity contribution in [3.05, 3.63) is 0 Å². The number of rotatable bonds is 9. The molecule has 0 spiro atoms. The van der Waals surface area contributed by atoms with Gasteiger partial charge in [0, 0.05) is 40.7 Å². The zero-order valence-corrected chi connectivity index (χ0v) is 16.0. The lowest BCUT2D eigenvalue weighted by Gasteiger charge is -2.39. The van der Waals surface area contributed by atoms with Crippen LogP contribution in [0.4, 0.5) is 0 Å². The van der Waals surface area contributed by atoms with Gasteiger partial charge in [-0.05, 0) is 6.42 Å². The van der Waals surface area contributed by atoms with Gasteiger partial charge in [0.05, 0.1) is 6.61 Å². The van der Waals surface area contributed by atoms with E-state index in [1.165, 1.54) is 27.7 Å². The van der Waals surface area contributed by atoms with Crippen LogP contribution in [-0.4, -0.2) is 68.2 Å². The van der Waals surface area contributed by atoms with Crippen molar-refractivity contribution in [3.63, 3.8) is 0 Å². The molecule has 0 aromatic carbocycles. The number of amides is 1. The smallest absolute Gasteiger partial charge is 0.303 e. The van der Waals surface area contributed by atoms with Crippen LogP contribution in [-0.2, 0) is 42.9 Å². The predicted octanol–water partition coefficient (Wildman–Crippen LogP) is 0.0707. The van der Waals surface area contributed by atoms with Crippen LogP contribution in [0.15, 0.2) is 0 Å². The minimum atomic E-state index is -0.926. The minimum Gasteiger partial charge on any atom is -0.463 e. The molecule has 0 bridgehead atoms. The van der Waals surface area contributed by atoms with E-state index >= 15 is 0 Å². The summed E-state index contributed by atoms with van der Waals surface area (Å²) in [7, 11) is 0. The van der Waals surface area contributed by atoms with Crippen molar-refractivity contribution in [1.29, 1.82) is 0 Å². The van der Waals surface area contributed by atoms with E-state index in [4.69, 9.17) is 23.7 Å². The van der Waals surface area contributed by atoms with Crippen molar-refractivity contribution in [2.24, 2.45) is 0 Å². The number of carbonyl (C=O) groups is 4. The highest BCUT2D eigenvalue weighted by Gasteiger charge is 2.44. The first kappa shape index (κ1) is 22.8. The Morgan fingerprint density at radius 3 is 2.22 bits per heavy atom. The third-order valence-corrected chi connectivity index (χ3v) is 3.55. The quantitative estimate of drug-likeness (QED) is 0.331. The molecule has 1 fully saturated rings. The SMILES string of the molecule is CC(=O)NCCCO[C@@H]1C[C@@H](OC(C)=O)[C@H](OC(C)=O)[C@@H](COC(C)=O)O1. The van der Waals surface area contributed by atoms with Crippen LogP contribution < -0.4 is 5.32 Å². The normalized spacial score (nSPS) is 24.6. The molecule has 0 radical (unpaired) electrons. The van der Waals surface area contributed by atoms with Crippen molar-refractivity contribution < 1.29 is 42.9 Å². The van der Waals surface area contributed by atoms with Crippen molar-refractivity contribution in [2.75, 3.05) is 19.8 Å². The second-order valence-corrected chi connectivity index (χ2v) is 6.07. The molecule has 0 aliphatic carbocycles. The van der Waals surface area contributed by atoms with Crippen molar-refractivity contribution >= 4 is 23.8 Å². The molecule has 154 valence electrons. The molecule has 10 nitrogen and oxygen atoms in total. The summed E-state index contributed by atoms with van der Waals surface area (Å²) < 4.78 is 26.8. The lowest BCUT2D eigenvalue weighted by atomic mass is 10.0. The summed E-state index contributed by atoms with van der Waals surface area (Å²) in [5.41, 5.74) is 0. The maximum Gasteiger partial charge on any atom is 0.303 e. The van der Waals surface area contributed by atoms with Crippen LogP contribution in [0.2, 0.25) is 0 Å². The molecule has 1 aliphatic rings. The molecule has 0 unspecified atom stereocenters. The summed E-state index contributed by atoms with van der Waals surface area (Å²) in [5, 5.41) is 2.64. The Hall–Kier alpha value is -2.20. The predicted molar refractivity (Wildman–Crippen MR) is 90.3 cm³/mol. The van der Waals surface area contributed by atoms with E-state index in [1.54, 1.807) is 0 Å². The average molecular weight is 389 g/mol. The fourth-order valence-electron chi connectivity index (χ4n) is 2.56. The van der Waals surface area contributed by atoms with Crippen LogP contribution in [0, 0.1) is 0 Å². The van der Waals surface area contributed by atoms with Crippen molar-refractivity contribution in [3.8, 4) is 0 Å². The summed E-state index contributed by atoms with van der Waals surface area (Å²) in [6.07, 6.45) is -2.63.